The van der Waals surface area contributed by atoms with Crippen molar-refractivity contribution in [3.63, 3.8) is 0 Å². The Labute approximate surface area is 165 Å². The largest absolute Gasteiger partial charge is 0.462 e. The lowest BCUT2D eigenvalue weighted by molar-refractivity contribution is -0.116. The summed E-state index contributed by atoms with van der Waals surface area (Å²) < 4.78 is 5.25. The van der Waals surface area contributed by atoms with Gasteiger partial charge in [0.2, 0.25) is 5.91 Å². The number of amides is 1. The first-order valence-electron chi connectivity index (χ1n) is 9.32. The molecule has 0 radical (unpaired) electrons. The summed E-state index contributed by atoms with van der Waals surface area (Å²) in [6.45, 7) is 12.5. The van der Waals surface area contributed by atoms with E-state index in [4.69, 9.17) is 4.74 Å². The van der Waals surface area contributed by atoms with E-state index in [1.165, 1.54) is 16.9 Å². The number of benzene rings is 1. The molecule has 0 aliphatic carbocycles. The maximum Gasteiger partial charge on any atom is 0.341 e. The second-order valence-electron chi connectivity index (χ2n) is 8.05. The fourth-order valence-corrected chi connectivity index (χ4v) is 3.74. The van der Waals surface area contributed by atoms with E-state index in [0.717, 1.165) is 11.1 Å². The summed E-state index contributed by atoms with van der Waals surface area (Å²) in [6, 6.07) is 8.20. The van der Waals surface area contributed by atoms with Crippen molar-refractivity contribution >= 4 is 28.2 Å². The number of hydrogen-bond donors (Lipinski definition) is 1. The molecule has 1 heterocycles. The molecule has 146 valence electrons. The molecule has 0 aliphatic rings. The monoisotopic (exact) mass is 387 g/mol. The molecule has 0 spiro atoms. The summed E-state index contributed by atoms with van der Waals surface area (Å²) in [6.07, 6.45) is 0.412. The highest BCUT2D eigenvalue weighted by atomic mass is 32.1. The highest BCUT2D eigenvalue weighted by molar-refractivity contribution is 7.15. The molecule has 1 N–H and O–H groups in total. The molecule has 0 saturated heterocycles. The topological polar surface area (TPSA) is 55.4 Å². The first-order chi connectivity index (χ1) is 12.6. The molecule has 1 aromatic heterocycles. The van der Waals surface area contributed by atoms with Crippen molar-refractivity contribution in [1.82, 2.24) is 0 Å². The van der Waals surface area contributed by atoms with E-state index < -0.39 is 5.97 Å². The van der Waals surface area contributed by atoms with Crippen molar-refractivity contribution in [3.8, 4) is 11.1 Å². The smallest absolute Gasteiger partial charge is 0.341 e. The first-order valence-corrected chi connectivity index (χ1v) is 10.2. The average molecular weight is 388 g/mol. The molecule has 0 bridgehead atoms. The van der Waals surface area contributed by atoms with E-state index in [-0.39, 0.29) is 23.8 Å². The van der Waals surface area contributed by atoms with E-state index in [9.17, 15) is 9.59 Å². The number of nitrogens with one attached hydrogen (secondary N) is 1. The Bertz CT molecular complexity index is 798. The van der Waals surface area contributed by atoms with Crippen LogP contribution >= 0.6 is 11.3 Å². The van der Waals surface area contributed by atoms with Crippen molar-refractivity contribution in [2.24, 2.45) is 5.92 Å². The quantitative estimate of drug-likeness (QED) is 0.630. The van der Waals surface area contributed by atoms with E-state index >= 15 is 0 Å². The minimum atomic E-state index is -0.409. The van der Waals surface area contributed by atoms with Crippen molar-refractivity contribution in [2.45, 2.75) is 53.4 Å². The van der Waals surface area contributed by atoms with Gasteiger partial charge >= 0.3 is 5.97 Å². The van der Waals surface area contributed by atoms with Crippen LogP contribution in [0.5, 0.6) is 0 Å². The summed E-state index contributed by atoms with van der Waals surface area (Å²) in [5.41, 5.74) is 3.45. The van der Waals surface area contributed by atoms with E-state index in [2.05, 4.69) is 38.2 Å². The molecule has 2 aromatic rings. The molecule has 2 rings (SSSR count). The number of carbonyl (C=O) groups is 2. The summed E-state index contributed by atoms with van der Waals surface area (Å²) in [5, 5.41) is 5.34. The van der Waals surface area contributed by atoms with Crippen LogP contribution in [0.1, 0.15) is 63.9 Å². The predicted molar refractivity (Wildman–Crippen MR) is 112 cm³/mol. The molecule has 1 amide bonds. The van der Waals surface area contributed by atoms with Crippen molar-refractivity contribution in [2.75, 3.05) is 11.9 Å². The second kappa shape index (κ2) is 8.70. The molecule has 5 heteroatoms. The van der Waals surface area contributed by atoms with Gasteiger partial charge in [-0.25, -0.2) is 4.79 Å². The Hall–Kier alpha value is -2.14. The highest BCUT2D eigenvalue weighted by Gasteiger charge is 2.23. The summed E-state index contributed by atoms with van der Waals surface area (Å²) in [4.78, 5) is 24.8. The third-order valence-corrected chi connectivity index (χ3v) is 5.07. The lowest BCUT2D eigenvalue weighted by atomic mass is 9.86. The fourth-order valence-electron chi connectivity index (χ4n) is 2.77. The highest BCUT2D eigenvalue weighted by Crippen LogP contribution is 2.37. The van der Waals surface area contributed by atoms with Crippen LogP contribution in [0.25, 0.3) is 11.1 Å². The Morgan fingerprint density at radius 3 is 2.30 bits per heavy atom. The van der Waals surface area contributed by atoms with Crippen molar-refractivity contribution in [3.05, 3.63) is 40.8 Å². The number of ether oxygens (including phenoxy) is 1. The SMILES string of the molecule is CCOC(=O)c1c(-c2ccc(C(C)(C)C)cc2)csc1NC(=O)CC(C)C. The fraction of sp³-hybridized carbons (Fsp3) is 0.455. The molecule has 1 aromatic carbocycles. The molecule has 0 unspecified atom stereocenters. The number of anilines is 1. The molecule has 0 fully saturated rings. The van der Waals surface area contributed by atoms with Crippen LogP contribution in [-0.2, 0) is 14.9 Å². The van der Waals surface area contributed by atoms with Gasteiger partial charge in [-0.2, -0.15) is 0 Å². The van der Waals surface area contributed by atoms with Crippen LogP contribution < -0.4 is 5.32 Å². The molecular formula is C22H29NO3S. The zero-order valence-corrected chi connectivity index (χ0v) is 17.8. The maximum absolute atomic E-state index is 12.6. The van der Waals surface area contributed by atoms with Gasteiger partial charge in [-0.15, -0.1) is 11.3 Å². The number of hydrogen-bond acceptors (Lipinski definition) is 4. The van der Waals surface area contributed by atoms with Gasteiger partial charge < -0.3 is 10.1 Å². The lowest BCUT2D eigenvalue weighted by Gasteiger charge is -2.19. The number of rotatable bonds is 6. The molecule has 4 nitrogen and oxygen atoms in total. The third-order valence-electron chi connectivity index (χ3n) is 4.18. The van der Waals surface area contributed by atoms with Crippen LogP contribution in [0.3, 0.4) is 0 Å². The Kier molecular flexibility index (Phi) is 6.82. The summed E-state index contributed by atoms with van der Waals surface area (Å²) in [5.74, 6) is -0.249. The average Bonchev–Trinajstić information content (AvgIpc) is 2.97. The summed E-state index contributed by atoms with van der Waals surface area (Å²) in [7, 11) is 0. The van der Waals surface area contributed by atoms with Gasteiger partial charge in [-0.3, -0.25) is 4.79 Å². The van der Waals surface area contributed by atoms with Gasteiger partial charge in [-0.1, -0.05) is 58.9 Å². The van der Waals surface area contributed by atoms with Crippen molar-refractivity contribution < 1.29 is 14.3 Å². The molecular weight excluding hydrogens is 358 g/mol. The zero-order chi connectivity index (χ0) is 20.2. The zero-order valence-electron chi connectivity index (χ0n) is 17.0. The first kappa shape index (κ1) is 21.2. The van der Waals surface area contributed by atoms with Gasteiger partial charge in [0.25, 0.3) is 0 Å². The molecule has 0 atom stereocenters. The minimum absolute atomic E-state index is 0.0626. The van der Waals surface area contributed by atoms with Gasteiger partial charge in [0.15, 0.2) is 0 Å². The number of thiophene rings is 1. The molecule has 0 aliphatic heterocycles. The van der Waals surface area contributed by atoms with Crippen LogP contribution in [0.2, 0.25) is 0 Å². The van der Waals surface area contributed by atoms with Gasteiger partial charge in [0, 0.05) is 17.4 Å². The van der Waals surface area contributed by atoms with Crippen LogP contribution in [0, 0.1) is 5.92 Å². The van der Waals surface area contributed by atoms with E-state index in [0.29, 0.717) is 17.0 Å². The van der Waals surface area contributed by atoms with E-state index in [1.54, 1.807) is 6.92 Å². The van der Waals surface area contributed by atoms with Crippen LogP contribution in [-0.4, -0.2) is 18.5 Å². The number of esters is 1. The second-order valence-corrected chi connectivity index (χ2v) is 8.93. The predicted octanol–water partition coefficient (Wildman–Crippen LogP) is 5.87. The van der Waals surface area contributed by atoms with Gasteiger partial charge in [-0.05, 0) is 29.4 Å². The van der Waals surface area contributed by atoms with E-state index in [1.807, 2.05) is 31.4 Å². The molecule has 0 saturated carbocycles. The normalized spacial score (nSPS) is 11.5. The number of carbonyl (C=O) groups excluding carboxylic acids is 2. The minimum Gasteiger partial charge on any atom is -0.462 e. The molecule has 27 heavy (non-hydrogen) atoms. The Balaban J connectivity index is 2.41. The Morgan fingerprint density at radius 2 is 1.78 bits per heavy atom. The summed E-state index contributed by atoms with van der Waals surface area (Å²) >= 11 is 1.36. The van der Waals surface area contributed by atoms with Gasteiger partial charge in [0.05, 0.1) is 6.61 Å². The van der Waals surface area contributed by atoms with Crippen molar-refractivity contribution in [1.29, 1.82) is 0 Å². The van der Waals surface area contributed by atoms with Crippen LogP contribution in [0.4, 0.5) is 5.00 Å². The third kappa shape index (κ3) is 5.42. The lowest BCUT2D eigenvalue weighted by Crippen LogP contribution is -2.16. The standard InChI is InChI=1S/C22H29NO3S/c1-7-26-21(25)19-17(13-27-20(19)23-18(24)12-14(2)3)15-8-10-16(11-9-15)22(4,5)6/h8-11,13-14H,7,12H2,1-6H3,(H,23,24). The maximum atomic E-state index is 12.6. The van der Waals surface area contributed by atoms with Gasteiger partial charge in [0.1, 0.15) is 10.6 Å². The Morgan fingerprint density at radius 1 is 1.15 bits per heavy atom. The van der Waals surface area contributed by atoms with Crippen LogP contribution in [0.15, 0.2) is 29.6 Å².